The molecule has 0 N–H and O–H groups in total. The van der Waals surface area contributed by atoms with Crippen molar-refractivity contribution in [1.82, 2.24) is 24.7 Å². The summed E-state index contributed by atoms with van der Waals surface area (Å²) in [5.74, 6) is -0.473. The number of benzene rings is 2. The highest BCUT2D eigenvalue weighted by molar-refractivity contribution is 5.78. The van der Waals surface area contributed by atoms with Crippen LogP contribution in [0, 0.1) is 5.82 Å². The number of halogens is 1. The zero-order valence-electron chi connectivity index (χ0n) is 15.2. The van der Waals surface area contributed by atoms with E-state index in [-0.39, 0.29) is 29.9 Å². The van der Waals surface area contributed by atoms with Crippen LogP contribution in [0.15, 0.2) is 59.4 Å². The molecule has 0 radical (unpaired) electrons. The Morgan fingerprint density at radius 1 is 1.00 bits per heavy atom. The van der Waals surface area contributed by atoms with Crippen LogP contribution in [-0.4, -0.2) is 43.7 Å². The van der Waals surface area contributed by atoms with Gasteiger partial charge in [-0.3, -0.25) is 4.79 Å². The number of carbonyl (C=O) groups is 1. The summed E-state index contributed by atoms with van der Waals surface area (Å²) in [5, 5.41) is 8.00. The molecule has 0 atom stereocenters. The van der Waals surface area contributed by atoms with Gasteiger partial charge in [0.15, 0.2) is 0 Å². The highest BCUT2D eigenvalue weighted by atomic mass is 19.1. The molecule has 1 amide bonds. The van der Waals surface area contributed by atoms with Crippen LogP contribution >= 0.6 is 0 Å². The molecule has 0 spiro atoms. The lowest BCUT2D eigenvalue weighted by Gasteiger charge is -2.31. The zero-order valence-corrected chi connectivity index (χ0v) is 15.2. The molecular formula is C20H20FN5O2. The Labute approximate surface area is 161 Å². The molecule has 7 nitrogen and oxygen atoms in total. The molecule has 2 heterocycles. The summed E-state index contributed by atoms with van der Waals surface area (Å²) >= 11 is 0. The van der Waals surface area contributed by atoms with Crippen LogP contribution in [0.1, 0.15) is 24.4 Å². The van der Waals surface area contributed by atoms with Gasteiger partial charge in [0.2, 0.25) is 5.91 Å². The number of tetrazole rings is 1. The van der Waals surface area contributed by atoms with Crippen molar-refractivity contribution in [3.63, 3.8) is 0 Å². The predicted molar refractivity (Wildman–Crippen MR) is 101 cm³/mol. The Balaban J connectivity index is 1.41. The normalized spacial score (nSPS) is 15.0. The predicted octanol–water partition coefficient (Wildman–Crippen LogP) is 1.97. The standard InChI is InChI=1S/C20H20FN5O2/c21-18-9-5-4-6-15(18)14-19(27)24-12-10-17(11-13-24)26-20(28)25(22-23-26)16-7-2-1-3-8-16/h1-9,17H,10-14H2. The maximum Gasteiger partial charge on any atom is 0.368 e. The Bertz CT molecular complexity index is 1020. The Hall–Kier alpha value is -3.29. The monoisotopic (exact) mass is 381 g/mol. The first-order valence-corrected chi connectivity index (χ1v) is 9.24. The van der Waals surface area contributed by atoms with Gasteiger partial charge >= 0.3 is 5.69 Å². The molecule has 28 heavy (non-hydrogen) atoms. The van der Waals surface area contributed by atoms with Gasteiger partial charge in [0.05, 0.1) is 18.2 Å². The summed E-state index contributed by atoms with van der Waals surface area (Å²) in [5.41, 5.74) is 0.773. The summed E-state index contributed by atoms with van der Waals surface area (Å²) in [4.78, 5) is 26.8. The molecule has 1 aliphatic heterocycles. The third-order valence-corrected chi connectivity index (χ3v) is 5.07. The highest BCUT2D eigenvalue weighted by Crippen LogP contribution is 2.21. The van der Waals surface area contributed by atoms with Crippen LogP contribution in [0.3, 0.4) is 0 Å². The number of piperidine rings is 1. The third-order valence-electron chi connectivity index (χ3n) is 5.07. The molecule has 0 aliphatic carbocycles. The van der Waals surface area contributed by atoms with Crippen molar-refractivity contribution in [3.05, 3.63) is 76.5 Å². The van der Waals surface area contributed by atoms with Gasteiger partial charge in [0.1, 0.15) is 5.82 Å². The van der Waals surface area contributed by atoms with E-state index < -0.39 is 0 Å². The first-order chi connectivity index (χ1) is 13.6. The molecule has 3 aromatic rings. The zero-order chi connectivity index (χ0) is 19.5. The molecular weight excluding hydrogens is 361 g/mol. The van der Waals surface area contributed by atoms with Gasteiger partial charge in [-0.25, -0.2) is 9.18 Å². The van der Waals surface area contributed by atoms with Crippen molar-refractivity contribution in [1.29, 1.82) is 0 Å². The molecule has 4 rings (SSSR count). The van der Waals surface area contributed by atoms with E-state index >= 15 is 0 Å². The van der Waals surface area contributed by atoms with Crippen LogP contribution in [0.2, 0.25) is 0 Å². The number of hydrogen-bond donors (Lipinski definition) is 0. The molecule has 1 aromatic heterocycles. The van der Waals surface area contributed by atoms with Gasteiger partial charge < -0.3 is 4.90 Å². The summed E-state index contributed by atoms with van der Waals surface area (Å²) in [6.07, 6.45) is 1.26. The minimum Gasteiger partial charge on any atom is -0.342 e. The van der Waals surface area contributed by atoms with E-state index in [0.29, 0.717) is 37.2 Å². The summed E-state index contributed by atoms with van der Waals surface area (Å²) < 4.78 is 16.4. The molecule has 2 aromatic carbocycles. The van der Waals surface area contributed by atoms with Crippen molar-refractivity contribution in [2.24, 2.45) is 0 Å². The third kappa shape index (κ3) is 3.58. The number of hydrogen-bond acceptors (Lipinski definition) is 4. The molecule has 0 bridgehead atoms. The summed E-state index contributed by atoms with van der Waals surface area (Å²) in [6.45, 7) is 1.01. The van der Waals surface area contributed by atoms with Gasteiger partial charge in [-0.15, -0.1) is 0 Å². The van der Waals surface area contributed by atoms with E-state index in [2.05, 4.69) is 10.4 Å². The quantitative estimate of drug-likeness (QED) is 0.693. The molecule has 1 aliphatic rings. The van der Waals surface area contributed by atoms with E-state index in [0.717, 1.165) is 0 Å². The van der Waals surface area contributed by atoms with Crippen LogP contribution < -0.4 is 5.69 Å². The minimum absolute atomic E-state index is 0.0431. The van der Waals surface area contributed by atoms with Crippen LogP contribution in [0.25, 0.3) is 5.69 Å². The molecule has 144 valence electrons. The van der Waals surface area contributed by atoms with E-state index in [1.165, 1.54) is 15.4 Å². The molecule has 1 saturated heterocycles. The number of likely N-dealkylation sites (tertiary alicyclic amines) is 1. The van der Waals surface area contributed by atoms with E-state index in [1.54, 1.807) is 35.2 Å². The maximum atomic E-state index is 13.8. The fraction of sp³-hybridized carbons (Fsp3) is 0.300. The SMILES string of the molecule is O=C(Cc1ccccc1F)N1CCC(n2nnn(-c3ccccc3)c2=O)CC1. The van der Waals surface area contributed by atoms with Gasteiger partial charge in [0.25, 0.3) is 0 Å². The van der Waals surface area contributed by atoms with Gasteiger partial charge in [-0.2, -0.15) is 9.36 Å². The second-order valence-electron chi connectivity index (χ2n) is 6.83. The molecule has 0 unspecified atom stereocenters. The van der Waals surface area contributed by atoms with Crippen LogP contribution in [0.5, 0.6) is 0 Å². The lowest BCUT2D eigenvalue weighted by molar-refractivity contribution is -0.131. The second kappa shape index (κ2) is 7.75. The van der Waals surface area contributed by atoms with Crippen molar-refractivity contribution < 1.29 is 9.18 Å². The number of aromatic nitrogens is 4. The summed E-state index contributed by atoms with van der Waals surface area (Å²) in [6, 6.07) is 15.3. The fourth-order valence-electron chi connectivity index (χ4n) is 3.49. The first kappa shape index (κ1) is 18.1. The lowest BCUT2D eigenvalue weighted by atomic mass is 10.0. The lowest BCUT2D eigenvalue weighted by Crippen LogP contribution is -2.41. The largest absolute Gasteiger partial charge is 0.368 e. The Kier molecular flexibility index (Phi) is 5.01. The molecule has 1 fully saturated rings. The Morgan fingerprint density at radius 2 is 1.68 bits per heavy atom. The summed E-state index contributed by atoms with van der Waals surface area (Å²) in [7, 11) is 0. The van der Waals surface area contributed by atoms with E-state index in [9.17, 15) is 14.0 Å². The van der Waals surface area contributed by atoms with Gasteiger partial charge in [-0.1, -0.05) is 36.4 Å². The smallest absolute Gasteiger partial charge is 0.342 e. The van der Waals surface area contributed by atoms with Crippen molar-refractivity contribution >= 4 is 5.91 Å². The van der Waals surface area contributed by atoms with Crippen molar-refractivity contribution in [2.45, 2.75) is 25.3 Å². The van der Waals surface area contributed by atoms with Gasteiger partial charge in [0, 0.05) is 13.1 Å². The average Bonchev–Trinajstić information content (AvgIpc) is 3.12. The molecule has 0 saturated carbocycles. The topological polar surface area (TPSA) is 73.0 Å². The highest BCUT2D eigenvalue weighted by Gasteiger charge is 2.27. The van der Waals surface area contributed by atoms with Crippen LogP contribution in [-0.2, 0) is 11.2 Å². The van der Waals surface area contributed by atoms with Crippen LogP contribution in [0.4, 0.5) is 4.39 Å². The number of rotatable bonds is 4. The molecule has 8 heteroatoms. The van der Waals surface area contributed by atoms with Crippen molar-refractivity contribution in [3.8, 4) is 5.69 Å². The van der Waals surface area contributed by atoms with E-state index in [4.69, 9.17) is 0 Å². The van der Waals surface area contributed by atoms with Gasteiger partial charge in [-0.05, 0) is 47.0 Å². The fourth-order valence-corrected chi connectivity index (χ4v) is 3.49. The van der Waals surface area contributed by atoms with E-state index in [1.807, 2.05) is 18.2 Å². The number of para-hydroxylation sites is 1. The Morgan fingerprint density at radius 3 is 2.39 bits per heavy atom. The number of nitrogens with zero attached hydrogens (tertiary/aromatic N) is 5. The number of amides is 1. The second-order valence-corrected chi connectivity index (χ2v) is 6.83. The average molecular weight is 381 g/mol. The minimum atomic E-state index is -0.366. The first-order valence-electron chi connectivity index (χ1n) is 9.24. The number of carbonyl (C=O) groups excluding carboxylic acids is 1. The van der Waals surface area contributed by atoms with Crippen molar-refractivity contribution in [2.75, 3.05) is 13.1 Å². The maximum absolute atomic E-state index is 13.8.